The number of hydrogen-bond donors (Lipinski definition) is 2. The third kappa shape index (κ3) is 5.51. The van der Waals surface area contributed by atoms with Crippen molar-refractivity contribution < 1.29 is 9.53 Å². The van der Waals surface area contributed by atoms with Crippen LogP contribution in [0.1, 0.15) is 11.1 Å². The van der Waals surface area contributed by atoms with Gasteiger partial charge in [-0.3, -0.25) is 0 Å². The maximum atomic E-state index is 11.6. The Hall–Kier alpha value is -2.17. The van der Waals surface area contributed by atoms with Crippen molar-refractivity contribution in [1.82, 2.24) is 5.32 Å². The van der Waals surface area contributed by atoms with Crippen molar-refractivity contribution in [3.8, 4) is 0 Å². The van der Waals surface area contributed by atoms with Gasteiger partial charge in [-0.05, 0) is 17.7 Å². The lowest BCUT2D eigenvalue weighted by atomic mass is 10.2. The molecule has 0 spiro atoms. The highest BCUT2D eigenvalue weighted by Crippen LogP contribution is 2.28. The number of nitrogens with one attached hydrogen (secondary N) is 1. The number of hydrogen-bond acceptors (Lipinski definition) is 3. The molecule has 0 aromatic heterocycles. The normalized spacial score (nSPS) is 10.7. The number of anilines is 1. The Labute approximate surface area is 144 Å². The molecule has 2 aromatic carbocycles. The topological polar surface area (TPSA) is 64.3 Å². The molecular weight excluding hydrogens is 335 g/mol. The molecule has 0 bridgehead atoms. The molecule has 0 aliphatic carbocycles. The van der Waals surface area contributed by atoms with Gasteiger partial charge in [0.05, 0.1) is 10.0 Å². The van der Waals surface area contributed by atoms with Crippen LogP contribution in [0.5, 0.6) is 0 Å². The van der Waals surface area contributed by atoms with E-state index in [0.717, 1.165) is 5.56 Å². The summed E-state index contributed by atoms with van der Waals surface area (Å²) in [4.78, 5) is 11.6. The van der Waals surface area contributed by atoms with E-state index in [4.69, 9.17) is 33.7 Å². The van der Waals surface area contributed by atoms with Crippen LogP contribution in [0.4, 0.5) is 10.5 Å². The maximum Gasteiger partial charge on any atom is 0.407 e. The number of benzene rings is 2. The molecule has 0 fully saturated rings. The third-order valence-corrected chi connectivity index (χ3v) is 3.59. The predicted molar refractivity (Wildman–Crippen MR) is 94.5 cm³/mol. The number of amides is 1. The van der Waals surface area contributed by atoms with Gasteiger partial charge in [0.2, 0.25) is 0 Å². The Kier molecular flexibility index (Phi) is 6.32. The Bertz CT molecular complexity index is 680. The van der Waals surface area contributed by atoms with Crippen molar-refractivity contribution in [2.24, 2.45) is 0 Å². The zero-order valence-corrected chi connectivity index (χ0v) is 13.8. The van der Waals surface area contributed by atoms with E-state index < -0.39 is 6.09 Å². The Morgan fingerprint density at radius 3 is 2.48 bits per heavy atom. The van der Waals surface area contributed by atoms with E-state index in [9.17, 15) is 4.79 Å². The molecule has 0 radical (unpaired) electrons. The second-order valence-electron chi connectivity index (χ2n) is 4.74. The van der Waals surface area contributed by atoms with Crippen LogP contribution in [0.25, 0.3) is 6.08 Å². The first-order valence-electron chi connectivity index (χ1n) is 6.92. The summed E-state index contributed by atoms with van der Waals surface area (Å²) in [6.07, 6.45) is 2.96. The summed E-state index contributed by atoms with van der Waals surface area (Å²) in [5.74, 6) is 0. The van der Waals surface area contributed by atoms with E-state index in [1.165, 1.54) is 0 Å². The minimum absolute atomic E-state index is 0.228. The van der Waals surface area contributed by atoms with Gasteiger partial charge in [0.25, 0.3) is 0 Å². The molecule has 1 amide bonds. The summed E-state index contributed by atoms with van der Waals surface area (Å²) in [6, 6.07) is 12.7. The number of nitrogens with two attached hydrogens (primary N) is 1. The van der Waals surface area contributed by atoms with Crippen LogP contribution >= 0.6 is 23.2 Å². The van der Waals surface area contributed by atoms with Gasteiger partial charge in [0, 0.05) is 17.8 Å². The van der Waals surface area contributed by atoms with Gasteiger partial charge in [-0.25, -0.2) is 4.79 Å². The van der Waals surface area contributed by atoms with Crippen LogP contribution in [0.3, 0.4) is 0 Å². The van der Waals surface area contributed by atoms with Crippen LogP contribution in [0.2, 0.25) is 10.0 Å². The largest absolute Gasteiger partial charge is 0.445 e. The van der Waals surface area contributed by atoms with Crippen LogP contribution in [0, 0.1) is 0 Å². The Morgan fingerprint density at radius 1 is 1.17 bits per heavy atom. The SMILES string of the molecule is Nc1cc(Cl)c(C=CCNC(=O)OCc2ccccc2)c(Cl)c1. The molecule has 4 nitrogen and oxygen atoms in total. The molecule has 0 saturated carbocycles. The van der Waals surface area contributed by atoms with Crippen LogP contribution in [0.15, 0.2) is 48.5 Å². The molecule has 0 saturated heterocycles. The lowest BCUT2D eigenvalue weighted by Gasteiger charge is -2.06. The number of ether oxygens (including phenoxy) is 1. The van der Waals surface area contributed by atoms with E-state index >= 15 is 0 Å². The van der Waals surface area contributed by atoms with Gasteiger partial charge in [-0.15, -0.1) is 0 Å². The molecule has 2 rings (SSSR count). The van der Waals surface area contributed by atoms with Gasteiger partial charge < -0.3 is 15.8 Å². The standard InChI is InChI=1S/C17H16Cl2N2O2/c18-15-9-13(20)10-16(19)14(15)7-4-8-21-17(22)23-11-12-5-2-1-3-6-12/h1-7,9-10H,8,11,20H2,(H,21,22). The number of alkyl carbamates (subject to hydrolysis) is 1. The monoisotopic (exact) mass is 350 g/mol. The summed E-state index contributed by atoms with van der Waals surface area (Å²) in [5.41, 5.74) is 7.72. The van der Waals surface area contributed by atoms with Crippen molar-refractivity contribution in [3.05, 3.63) is 69.7 Å². The second kappa shape index (κ2) is 8.46. The van der Waals surface area contributed by atoms with Crippen molar-refractivity contribution >= 4 is 41.1 Å². The molecule has 0 aliphatic rings. The Morgan fingerprint density at radius 2 is 1.83 bits per heavy atom. The highest BCUT2D eigenvalue weighted by atomic mass is 35.5. The molecule has 23 heavy (non-hydrogen) atoms. The third-order valence-electron chi connectivity index (χ3n) is 2.96. The first-order valence-corrected chi connectivity index (χ1v) is 7.67. The summed E-state index contributed by atoms with van der Waals surface area (Å²) < 4.78 is 5.09. The summed E-state index contributed by atoms with van der Waals surface area (Å²) in [7, 11) is 0. The van der Waals surface area contributed by atoms with Crippen LogP contribution < -0.4 is 11.1 Å². The number of rotatable bonds is 5. The number of carbonyl (C=O) groups excluding carboxylic acids is 1. The zero-order chi connectivity index (χ0) is 16.7. The average molecular weight is 351 g/mol. The van der Waals surface area contributed by atoms with Gasteiger partial charge >= 0.3 is 6.09 Å². The summed E-state index contributed by atoms with van der Waals surface area (Å²) in [6.45, 7) is 0.524. The first kappa shape index (κ1) is 17.2. The quantitative estimate of drug-likeness (QED) is 0.779. The second-order valence-corrected chi connectivity index (χ2v) is 5.56. The van der Waals surface area contributed by atoms with Crippen molar-refractivity contribution in [2.75, 3.05) is 12.3 Å². The minimum Gasteiger partial charge on any atom is -0.445 e. The van der Waals surface area contributed by atoms with Crippen LogP contribution in [-0.4, -0.2) is 12.6 Å². The van der Waals surface area contributed by atoms with Crippen molar-refractivity contribution in [1.29, 1.82) is 0 Å². The molecule has 0 heterocycles. The highest BCUT2D eigenvalue weighted by molar-refractivity contribution is 6.37. The highest BCUT2D eigenvalue weighted by Gasteiger charge is 2.04. The summed E-state index contributed by atoms with van der Waals surface area (Å²) >= 11 is 12.1. The van der Waals surface area contributed by atoms with Crippen LogP contribution in [-0.2, 0) is 11.3 Å². The molecule has 0 atom stereocenters. The minimum atomic E-state index is -0.493. The predicted octanol–water partition coefficient (Wildman–Crippen LogP) is 4.52. The fraction of sp³-hybridized carbons (Fsp3) is 0.118. The number of nitrogen functional groups attached to an aromatic ring is 1. The number of carbonyl (C=O) groups is 1. The van der Waals surface area contributed by atoms with E-state index in [1.54, 1.807) is 24.3 Å². The van der Waals surface area contributed by atoms with Gasteiger partial charge in [-0.1, -0.05) is 65.7 Å². The van der Waals surface area contributed by atoms with E-state index in [-0.39, 0.29) is 6.61 Å². The van der Waals surface area contributed by atoms with E-state index in [0.29, 0.717) is 27.8 Å². The van der Waals surface area contributed by atoms with Crippen molar-refractivity contribution in [3.63, 3.8) is 0 Å². The van der Waals surface area contributed by atoms with Gasteiger partial charge in [0.15, 0.2) is 0 Å². The molecular formula is C17H16Cl2N2O2. The molecule has 0 unspecified atom stereocenters. The fourth-order valence-electron chi connectivity index (χ4n) is 1.86. The summed E-state index contributed by atoms with van der Waals surface area (Å²) in [5, 5.41) is 3.53. The van der Waals surface area contributed by atoms with Gasteiger partial charge in [-0.2, -0.15) is 0 Å². The molecule has 120 valence electrons. The average Bonchev–Trinajstić information content (AvgIpc) is 2.52. The first-order chi connectivity index (χ1) is 11.1. The van der Waals surface area contributed by atoms with E-state index in [1.807, 2.05) is 30.3 Å². The molecule has 2 aromatic rings. The van der Waals surface area contributed by atoms with Crippen molar-refractivity contribution in [2.45, 2.75) is 6.61 Å². The fourth-order valence-corrected chi connectivity index (χ4v) is 2.49. The van der Waals surface area contributed by atoms with Gasteiger partial charge in [0.1, 0.15) is 6.61 Å². The molecule has 3 N–H and O–H groups in total. The number of halogens is 2. The smallest absolute Gasteiger partial charge is 0.407 e. The maximum absolute atomic E-state index is 11.6. The zero-order valence-electron chi connectivity index (χ0n) is 12.3. The molecule has 6 heteroatoms. The van der Waals surface area contributed by atoms with E-state index in [2.05, 4.69) is 5.32 Å². The lowest BCUT2D eigenvalue weighted by molar-refractivity contribution is 0.141. The Balaban J connectivity index is 1.79. The molecule has 0 aliphatic heterocycles. The lowest BCUT2D eigenvalue weighted by Crippen LogP contribution is -2.24.